The van der Waals surface area contributed by atoms with Gasteiger partial charge in [0.25, 0.3) is 10.0 Å². The third-order valence-electron chi connectivity index (χ3n) is 7.92. The van der Waals surface area contributed by atoms with Crippen molar-refractivity contribution in [3.05, 3.63) is 77.9 Å². The smallest absolute Gasteiger partial charge is 0.350 e. The number of halogens is 3. The summed E-state index contributed by atoms with van der Waals surface area (Å²) in [5, 5.41) is 4.30. The molecule has 0 amide bonds. The van der Waals surface area contributed by atoms with Gasteiger partial charge < -0.3 is 11.1 Å². The van der Waals surface area contributed by atoms with Gasteiger partial charge in [-0.05, 0) is 51.0 Å². The summed E-state index contributed by atoms with van der Waals surface area (Å²) in [6.07, 6.45) is 3.79. The number of nitrogens with zero attached hydrogens (tertiary/aromatic N) is 4. The van der Waals surface area contributed by atoms with Gasteiger partial charge in [0.2, 0.25) is 5.95 Å². The first kappa shape index (κ1) is 28.1. The topological polar surface area (TPSA) is 116 Å². The summed E-state index contributed by atoms with van der Waals surface area (Å²) in [7, 11) is -4.26. The quantitative estimate of drug-likeness (QED) is 0.249. The van der Waals surface area contributed by atoms with Crippen molar-refractivity contribution in [2.75, 3.05) is 5.32 Å². The van der Waals surface area contributed by atoms with Gasteiger partial charge in [0.1, 0.15) is 0 Å². The van der Waals surface area contributed by atoms with Crippen LogP contribution in [-0.2, 0) is 16.2 Å². The van der Waals surface area contributed by atoms with Gasteiger partial charge in [-0.3, -0.25) is 4.98 Å². The monoisotopic (exact) mass is 594 g/mol. The van der Waals surface area contributed by atoms with Crippen molar-refractivity contribution in [2.45, 2.75) is 62.7 Å². The van der Waals surface area contributed by atoms with Crippen LogP contribution in [0.4, 0.5) is 19.1 Å². The number of rotatable bonds is 5. The van der Waals surface area contributed by atoms with E-state index in [9.17, 15) is 21.6 Å². The highest BCUT2D eigenvalue weighted by Gasteiger charge is 2.32. The Kier molecular flexibility index (Phi) is 6.93. The van der Waals surface area contributed by atoms with E-state index in [-0.39, 0.29) is 22.5 Å². The SMILES string of the molecule is Cc1ccc(S(=O)(=O)n2cc(-c3cnc(C)c4cnc(NC5CCCCC5N)nc34)c3ccc(C(F)(F)F)cc32)cc1. The van der Waals surface area contributed by atoms with Crippen LogP contribution in [0.5, 0.6) is 0 Å². The molecule has 3 N–H and O–H groups in total. The molecule has 0 saturated heterocycles. The summed E-state index contributed by atoms with van der Waals surface area (Å²) in [5.74, 6) is 0.368. The number of nitrogens with one attached hydrogen (secondary N) is 1. The third-order valence-corrected chi connectivity index (χ3v) is 9.61. The second-order valence-corrected chi connectivity index (χ2v) is 12.6. The van der Waals surface area contributed by atoms with Crippen LogP contribution in [0.3, 0.4) is 0 Å². The maximum absolute atomic E-state index is 13.8. The molecule has 12 heteroatoms. The Labute approximate surface area is 240 Å². The average Bonchev–Trinajstić information content (AvgIpc) is 3.34. The minimum Gasteiger partial charge on any atom is -0.350 e. The van der Waals surface area contributed by atoms with E-state index in [0.717, 1.165) is 47.4 Å². The first-order valence-corrected chi connectivity index (χ1v) is 15.1. The predicted molar refractivity (Wildman–Crippen MR) is 156 cm³/mol. The standard InChI is InChI=1S/C30H29F3N6O2S/c1-17-7-10-20(11-8-17)42(40,41)39-16-24(21-12-9-19(13-27(21)39)30(31,32)33)23-15-35-18(2)22-14-36-29(38-28(22)23)37-26-6-4-3-5-25(26)34/h7-16,25-26H,3-6,34H2,1-2H3,(H,36,37,38). The summed E-state index contributed by atoms with van der Waals surface area (Å²) in [6.45, 7) is 3.62. The van der Waals surface area contributed by atoms with Gasteiger partial charge in [-0.1, -0.05) is 36.6 Å². The van der Waals surface area contributed by atoms with E-state index in [0.29, 0.717) is 39.1 Å². The number of alkyl halides is 3. The molecular weight excluding hydrogens is 565 g/mol. The molecular formula is C30H29F3N6O2S. The molecule has 3 aromatic heterocycles. The van der Waals surface area contributed by atoms with Crippen LogP contribution in [0.2, 0.25) is 0 Å². The highest BCUT2D eigenvalue weighted by molar-refractivity contribution is 7.90. The van der Waals surface area contributed by atoms with Gasteiger partial charge in [0.05, 0.1) is 21.5 Å². The molecule has 1 fully saturated rings. The summed E-state index contributed by atoms with van der Waals surface area (Å²) in [6, 6.07) is 9.23. The van der Waals surface area contributed by atoms with Gasteiger partial charge in [-0.2, -0.15) is 13.2 Å². The number of aromatic nitrogens is 4. The lowest BCUT2D eigenvalue weighted by Gasteiger charge is -2.29. The number of nitrogens with two attached hydrogens (primary N) is 1. The molecule has 2 unspecified atom stereocenters. The van der Waals surface area contributed by atoms with E-state index in [1.54, 1.807) is 31.5 Å². The molecule has 2 aromatic carbocycles. The molecule has 0 radical (unpaired) electrons. The maximum atomic E-state index is 13.8. The Morgan fingerprint density at radius 3 is 2.40 bits per heavy atom. The first-order valence-electron chi connectivity index (χ1n) is 13.6. The minimum absolute atomic E-state index is 0.00457. The Bertz CT molecular complexity index is 1920. The van der Waals surface area contributed by atoms with Crippen LogP contribution in [0.15, 0.2) is 66.0 Å². The van der Waals surface area contributed by atoms with E-state index >= 15 is 0 Å². The van der Waals surface area contributed by atoms with Gasteiger partial charge >= 0.3 is 6.18 Å². The Morgan fingerprint density at radius 1 is 0.952 bits per heavy atom. The summed E-state index contributed by atoms with van der Waals surface area (Å²) in [4.78, 5) is 13.7. The fourth-order valence-corrected chi connectivity index (χ4v) is 6.89. The average molecular weight is 595 g/mol. The van der Waals surface area contributed by atoms with Crippen molar-refractivity contribution >= 4 is 37.8 Å². The summed E-state index contributed by atoms with van der Waals surface area (Å²) in [5.41, 5.74) is 8.12. The van der Waals surface area contributed by atoms with Gasteiger partial charge in [-0.25, -0.2) is 22.4 Å². The fourth-order valence-electron chi connectivity index (χ4n) is 5.53. The summed E-state index contributed by atoms with van der Waals surface area (Å²) < 4.78 is 69.8. The molecule has 6 rings (SSSR count). The molecule has 1 saturated carbocycles. The fraction of sp³-hybridized carbons (Fsp3) is 0.300. The molecule has 1 aliphatic rings. The van der Waals surface area contributed by atoms with E-state index in [1.165, 1.54) is 24.4 Å². The normalized spacial score (nSPS) is 18.0. The van der Waals surface area contributed by atoms with E-state index in [2.05, 4.69) is 15.3 Å². The van der Waals surface area contributed by atoms with Crippen LogP contribution in [0.1, 0.15) is 42.5 Å². The van der Waals surface area contributed by atoms with Crippen molar-refractivity contribution in [2.24, 2.45) is 5.73 Å². The minimum atomic E-state index is -4.66. The van der Waals surface area contributed by atoms with Gasteiger partial charge in [-0.15, -0.1) is 0 Å². The Hall–Kier alpha value is -4.03. The predicted octanol–water partition coefficient (Wildman–Crippen LogP) is 6.20. The van der Waals surface area contributed by atoms with Crippen LogP contribution in [0, 0.1) is 13.8 Å². The van der Waals surface area contributed by atoms with Crippen LogP contribution in [-0.4, -0.2) is 39.4 Å². The van der Waals surface area contributed by atoms with Crippen LogP contribution < -0.4 is 11.1 Å². The summed E-state index contributed by atoms with van der Waals surface area (Å²) >= 11 is 0. The zero-order valence-corrected chi connectivity index (χ0v) is 23.8. The number of benzene rings is 2. The van der Waals surface area contributed by atoms with Gasteiger partial charge in [0, 0.05) is 58.3 Å². The Morgan fingerprint density at radius 2 is 1.69 bits per heavy atom. The third kappa shape index (κ3) is 4.98. The molecule has 8 nitrogen and oxygen atoms in total. The number of hydrogen-bond acceptors (Lipinski definition) is 7. The van der Waals surface area contributed by atoms with E-state index < -0.39 is 21.8 Å². The maximum Gasteiger partial charge on any atom is 0.416 e. The lowest BCUT2D eigenvalue weighted by molar-refractivity contribution is -0.137. The highest BCUT2D eigenvalue weighted by Crippen LogP contribution is 2.39. The second kappa shape index (κ2) is 10.4. The van der Waals surface area contributed by atoms with E-state index in [1.807, 2.05) is 6.92 Å². The molecule has 5 aromatic rings. The molecule has 218 valence electrons. The number of fused-ring (bicyclic) bond motifs is 2. The Balaban J connectivity index is 1.57. The molecule has 42 heavy (non-hydrogen) atoms. The van der Waals surface area contributed by atoms with E-state index in [4.69, 9.17) is 10.7 Å². The molecule has 1 aliphatic carbocycles. The molecule has 3 heterocycles. The molecule has 0 aliphatic heterocycles. The molecule has 0 bridgehead atoms. The van der Waals surface area contributed by atoms with Crippen molar-refractivity contribution in [1.29, 1.82) is 0 Å². The zero-order valence-electron chi connectivity index (χ0n) is 23.0. The van der Waals surface area contributed by atoms with Crippen LogP contribution >= 0.6 is 0 Å². The van der Waals surface area contributed by atoms with Crippen LogP contribution in [0.25, 0.3) is 32.9 Å². The number of aryl methyl sites for hydroxylation is 2. The van der Waals surface area contributed by atoms with Gasteiger partial charge in [0.15, 0.2) is 0 Å². The van der Waals surface area contributed by atoms with Crippen molar-refractivity contribution < 1.29 is 21.6 Å². The van der Waals surface area contributed by atoms with Crippen molar-refractivity contribution in [3.63, 3.8) is 0 Å². The van der Waals surface area contributed by atoms with Crippen molar-refractivity contribution in [1.82, 2.24) is 18.9 Å². The largest absolute Gasteiger partial charge is 0.416 e. The van der Waals surface area contributed by atoms with Crippen molar-refractivity contribution in [3.8, 4) is 11.1 Å². The number of pyridine rings is 1. The molecule has 0 spiro atoms. The number of hydrogen-bond donors (Lipinski definition) is 2. The zero-order chi connectivity index (χ0) is 29.8. The lowest BCUT2D eigenvalue weighted by Crippen LogP contribution is -2.42. The number of anilines is 1. The lowest BCUT2D eigenvalue weighted by atomic mass is 9.91. The second-order valence-electron chi connectivity index (χ2n) is 10.8. The first-order chi connectivity index (χ1) is 19.9. The molecule has 2 atom stereocenters. The highest BCUT2D eigenvalue weighted by atomic mass is 32.2.